The van der Waals surface area contributed by atoms with Crippen LogP contribution >= 0.6 is 0 Å². The van der Waals surface area contributed by atoms with Crippen molar-refractivity contribution in [3.8, 4) is 0 Å². The average Bonchev–Trinajstić information content (AvgIpc) is 2.17. The molecular formula is C14H22O. The van der Waals surface area contributed by atoms with E-state index in [2.05, 4.69) is 39.0 Å². The van der Waals surface area contributed by atoms with Gasteiger partial charge in [0.2, 0.25) is 0 Å². The molecule has 84 valence electrons. The van der Waals surface area contributed by atoms with Crippen molar-refractivity contribution in [2.24, 2.45) is 0 Å². The van der Waals surface area contributed by atoms with Crippen LogP contribution in [0, 0.1) is 13.8 Å². The molecule has 0 aliphatic rings. The van der Waals surface area contributed by atoms with Crippen molar-refractivity contribution in [3.63, 3.8) is 0 Å². The largest absolute Gasteiger partial charge is 0.396 e. The fourth-order valence-electron chi connectivity index (χ4n) is 2.24. The lowest BCUT2D eigenvalue weighted by Crippen LogP contribution is -2.03. The molecular weight excluding hydrogens is 184 g/mol. The molecule has 0 aliphatic heterocycles. The summed E-state index contributed by atoms with van der Waals surface area (Å²) in [6.45, 7) is 6.78. The SMILES string of the molecule is CCCC(CCO)c1ccc(C)cc1C. The van der Waals surface area contributed by atoms with E-state index in [1.807, 2.05) is 0 Å². The predicted molar refractivity (Wildman–Crippen MR) is 65.3 cm³/mol. The van der Waals surface area contributed by atoms with Gasteiger partial charge in [0.05, 0.1) is 0 Å². The van der Waals surface area contributed by atoms with E-state index in [1.165, 1.54) is 29.5 Å². The smallest absolute Gasteiger partial charge is 0.0436 e. The zero-order valence-electron chi connectivity index (χ0n) is 10.1. The molecule has 1 rings (SSSR count). The lowest BCUT2D eigenvalue weighted by atomic mass is 9.88. The minimum absolute atomic E-state index is 0.290. The van der Waals surface area contributed by atoms with Crippen molar-refractivity contribution < 1.29 is 5.11 Å². The number of benzene rings is 1. The molecule has 1 aromatic rings. The Morgan fingerprint density at radius 1 is 1.20 bits per heavy atom. The van der Waals surface area contributed by atoms with E-state index in [1.54, 1.807) is 0 Å². The van der Waals surface area contributed by atoms with Gasteiger partial charge in [-0.1, -0.05) is 37.1 Å². The summed E-state index contributed by atoms with van der Waals surface area (Å²) in [7, 11) is 0. The summed E-state index contributed by atoms with van der Waals surface area (Å²) in [4.78, 5) is 0. The van der Waals surface area contributed by atoms with Crippen LogP contribution in [0.25, 0.3) is 0 Å². The minimum Gasteiger partial charge on any atom is -0.396 e. The summed E-state index contributed by atoms with van der Waals surface area (Å²) in [5, 5.41) is 9.07. The van der Waals surface area contributed by atoms with Crippen LogP contribution in [0.3, 0.4) is 0 Å². The van der Waals surface area contributed by atoms with Crippen LogP contribution in [0.4, 0.5) is 0 Å². The molecule has 1 nitrogen and oxygen atoms in total. The van der Waals surface area contributed by atoms with Crippen molar-refractivity contribution in [1.82, 2.24) is 0 Å². The summed E-state index contributed by atoms with van der Waals surface area (Å²) < 4.78 is 0. The van der Waals surface area contributed by atoms with Gasteiger partial charge in [0.25, 0.3) is 0 Å². The first-order valence-electron chi connectivity index (χ1n) is 5.87. The van der Waals surface area contributed by atoms with Crippen LogP contribution in [-0.4, -0.2) is 11.7 Å². The summed E-state index contributed by atoms with van der Waals surface area (Å²) in [5.41, 5.74) is 4.09. The third kappa shape index (κ3) is 3.35. The van der Waals surface area contributed by atoms with E-state index < -0.39 is 0 Å². The minimum atomic E-state index is 0.290. The Morgan fingerprint density at radius 3 is 2.47 bits per heavy atom. The Labute approximate surface area is 93.1 Å². The van der Waals surface area contributed by atoms with Gasteiger partial charge in [-0.25, -0.2) is 0 Å². The molecule has 0 heterocycles. The molecule has 0 spiro atoms. The molecule has 0 bridgehead atoms. The van der Waals surface area contributed by atoms with Gasteiger partial charge in [-0.05, 0) is 43.7 Å². The van der Waals surface area contributed by atoms with Gasteiger partial charge >= 0.3 is 0 Å². The van der Waals surface area contributed by atoms with Gasteiger partial charge in [-0.2, -0.15) is 0 Å². The fourth-order valence-corrected chi connectivity index (χ4v) is 2.24. The highest BCUT2D eigenvalue weighted by molar-refractivity contribution is 5.33. The number of hydrogen-bond acceptors (Lipinski definition) is 1. The van der Waals surface area contributed by atoms with Crippen LogP contribution in [-0.2, 0) is 0 Å². The molecule has 0 fully saturated rings. The number of hydrogen-bond donors (Lipinski definition) is 1. The van der Waals surface area contributed by atoms with E-state index in [9.17, 15) is 0 Å². The van der Waals surface area contributed by atoms with Crippen LogP contribution in [0.2, 0.25) is 0 Å². The normalized spacial score (nSPS) is 12.8. The summed E-state index contributed by atoms with van der Waals surface area (Å²) in [6, 6.07) is 6.62. The molecule has 1 aromatic carbocycles. The second kappa shape index (κ2) is 5.92. The lowest BCUT2D eigenvalue weighted by Gasteiger charge is -2.18. The Kier molecular flexibility index (Phi) is 4.83. The summed E-state index contributed by atoms with van der Waals surface area (Å²) >= 11 is 0. The zero-order valence-corrected chi connectivity index (χ0v) is 10.1. The van der Waals surface area contributed by atoms with Crippen molar-refractivity contribution in [3.05, 3.63) is 34.9 Å². The van der Waals surface area contributed by atoms with E-state index in [0.29, 0.717) is 5.92 Å². The maximum atomic E-state index is 9.07. The fraction of sp³-hybridized carbons (Fsp3) is 0.571. The van der Waals surface area contributed by atoms with Gasteiger partial charge in [-0.3, -0.25) is 0 Å². The Balaban J connectivity index is 2.89. The van der Waals surface area contributed by atoms with Gasteiger partial charge in [0.15, 0.2) is 0 Å². The predicted octanol–water partition coefficient (Wildman–Crippen LogP) is 3.57. The molecule has 1 N–H and O–H groups in total. The monoisotopic (exact) mass is 206 g/mol. The third-order valence-corrected chi connectivity index (χ3v) is 2.98. The van der Waals surface area contributed by atoms with E-state index in [4.69, 9.17) is 5.11 Å². The van der Waals surface area contributed by atoms with Crippen molar-refractivity contribution in [2.45, 2.75) is 46.0 Å². The molecule has 0 saturated carbocycles. The number of aliphatic hydroxyl groups is 1. The second-order valence-electron chi connectivity index (χ2n) is 4.36. The van der Waals surface area contributed by atoms with Gasteiger partial charge in [-0.15, -0.1) is 0 Å². The molecule has 0 amide bonds. The van der Waals surface area contributed by atoms with Gasteiger partial charge in [0, 0.05) is 6.61 Å². The van der Waals surface area contributed by atoms with Crippen molar-refractivity contribution >= 4 is 0 Å². The number of aliphatic hydroxyl groups excluding tert-OH is 1. The molecule has 0 aromatic heterocycles. The lowest BCUT2D eigenvalue weighted by molar-refractivity contribution is 0.272. The van der Waals surface area contributed by atoms with Crippen LogP contribution in [0.5, 0.6) is 0 Å². The molecule has 1 heteroatoms. The highest BCUT2D eigenvalue weighted by Gasteiger charge is 2.12. The molecule has 0 radical (unpaired) electrons. The summed E-state index contributed by atoms with van der Waals surface area (Å²) in [5.74, 6) is 0.528. The molecule has 1 unspecified atom stereocenters. The topological polar surface area (TPSA) is 20.2 Å². The van der Waals surface area contributed by atoms with E-state index in [-0.39, 0.29) is 6.61 Å². The Bertz CT molecular complexity index is 298. The van der Waals surface area contributed by atoms with Gasteiger partial charge in [0.1, 0.15) is 0 Å². The quantitative estimate of drug-likeness (QED) is 0.781. The first kappa shape index (κ1) is 12.3. The van der Waals surface area contributed by atoms with Crippen molar-refractivity contribution in [1.29, 1.82) is 0 Å². The number of aryl methyl sites for hydroxylation is 2. The summed E-state index contributed by atoms with van der Waals surface area (Å²) in [6.07, 6.45) is 3.24. The van der Waals surface area contributed by atoms with Crippen LogP contribution in [0.15, 0.2) is 18.2 Å². The third-order valence-electron chi connectivity index (χ3n) is 2.98. The van der Waals surface area contributed by atoms with E-state index in [0.717, 1.165) is 6.42 Å². The van der Waals surface area contributed by atoms with Gasteiger partial charge < -0.3 is 5.11 Å². The highest BCUT2D eigenvalue weighted by atomic mass is 16.3. The standard InChI is InChI=1S/C14H22O/c1-4-5-13(8-9-15)14-7-6-11(2)10-12(14)3/h6-7,10,13,15H,4-5,8-9H2,1-3H3. The molecule has 15 heavy (non-hydrogen) atoms. The first-order chi connectivity index (χ1) is 7.19. The highest BCUT2D eigenvalue weighted by Crippen LogP contribution is 2.27. The van der Waals surface area contributed by atoms with Crippen LogP contribution in [0.1, 0.15) is 48.8 Å². The zero-order chi connectivity index (χ0) is 11.3. The number of rotatable bonds is 5. The maximum absolute atomic E-state index is 9.07. The van der Waals surface area contributed by atoms with Crippen LogP contribution < -0.4 is 0 Å². The second-order valence-corrected chi connectivity index (χ2v) is 4.36. The average molecular weight is 206 g/mol. The van der Waals surface area contributed by atoms with E-state index >= 15 is 0 Å². The maximum Gasteiger partial charge on any atom is 0.0436 e. The molecule has 0 aliphatic carbocycles. The molecule has 0 saturated heterocycles. The Hall–Kier alpha value is -0.820. The molecule has 1 atom stereocenters. The first-order valence-corrected chi connectivity index (χ1v) is 5.87. The van der Waals surface area contributed by atoms with Crippen molar-refractivity contribution in [2.75, 3.05) is 6.61 Å². The Morgan fingerprint density at radius 2 is 1.93 bits per heavy atom.